The van der Waals surface area contributed by atoms with Gasteiger partial charge in [-0.1, -0.05) is 13.3 Å². The number of allylic oxidation sites excluding steroid dienone is 1. The molecule has 20 heavy (non-hydrogen) atoms. The molecule has 110 valence electrons. The zero-order chi connectivity index (χ0) is 14.5. The number of hydrogen-bond donors (Lipinski definition) is 0. The number of ether oxygens (including phenoxy) is 2. The van der Waals surface area contributed by atoms with Crippen LogP contribution in [0.15, 0.2) is 24.5 Å². The number of benzene rings is 1. The number of unbranched alkanes of at least 4 members (excludes halogenated alkanes) is 1. The van der Waals surface area contributed by atoms with Crippen LogP contribution >= 0.6 is 0 Å². The predicted octanol–water partition coefficient (Wildman–Crippen LogP) is 4.41. The molecule has 0 N–H and O–H groups in total. The Labute approximate surface area is 118 Å². The first-order valence-corrected chi connectivity index (χ1v) is 6.98. The number of rotatable bonds is 7. The van der Waals surface area contributed by atoms with Gasteiger partial charge in [-0.25, -0.2) is 8.78 Å². The molecule has 0 spiro atoms. The molecule has 2 nitrogen and oxygen atoms in total. The van der Waals surface area contributed by atoms with Gasteiger partial charge in [-0.3, -0.25) is 0 Å². The third-order valence-electron chi connectivity index (χ3n) is 3.49. The zero-order valence-corrected chi connectivity index (χ0v) is 11.9. The summed E-state index contributed by atoms with van der Waals surface area (Å²) in [6.45, 7) is 2.34. The standard InChI is InChI=1S/C16H20F2O2/c1-3-4-6-20-16-14(17)9-12(10-15(16)18)13-8-11(13)5-7-19-2/h5,7,9-11,13H,3-4,6,8H2,1-2H3/b7-5-. The van der Waals surface area contributed by atoms with Gasteiger partial charge in [0.1, 0.15) is 0 Å². The smallest absolute Gasteiger partial charge is 0.190 e. The fourth-order valence-electron chi connectivity index (χ4n) is 2.24. The topological polar surface area (TPSA) is 18.5 Å². The van der Waals surface area contributed by atoms with E-state index in [-0.39, 0.29) is 11.7 Å². The first-order valence-electron chi connectivity index (χ1n) is 6.98. The lowest BCUT2D eigenvalue weighted by molar-refractivity contribution is 0.278. The third-order valence-corrected chi connectivity index (χ3v) is 3.49. The van der Waals surface area contributed by atoms with Crippen LogP contribution < -0.4 is 4.74 Å². The quantitative estimate of drug-likeness (QED) is 0.545. The molecule has 1 fully saturated rings. The van der Waals surface area contributed by atoms with Crippen molar-refractivity contribution >= 4 is 0 Å². The number of hydrogen-bond acceptors (Lipinski definition) is 2. The fourth-order valence-corrected chi connectivity index (χ4v) is 2.24. The van der Waals surface area contributed by atoms with Gasteiger partial charge in [0.05, 0.1) is 20.0 Å². The maximum absolute atomic E-state index is 13.9. The van der Waals surface area contributed by atoms with E-state index < -0.39 is 11.6 Å². The Morgan fingerprint density at radius 2 is 2.00 bits per heavy atom. The Bertz CT molecular complexity index is 462. The van der Waals surface area contributed by atoms with Crippen LogP contribution in [0.1, 0.15) is 37.7 Å². The zero-order valence-electron chi connectivity index (χ0n) is 11.9. The van der Waals surface area contributed by atoms with Gasteiger partial charge in [-0.05, 0) is 48.4 Å². The maximum atomic E-state index is 13.9. The van der Waals surface area contributed by atoms with E-state index in [2.05, 4.69) is 0 Å². The molecule has 4 heteroatoms. The summed E-state index contributed by atoms with van der Waals surface area (Å²) in [4.78, 5) is 0. The first kappa shape index (κ1) is 14.8. The van der Waals surface area contributed by atoms with E-state index in [4.69, 9.17) is 9.47 Å². The van der Waals surface area contributed by atoms with Gasteiger partial charge in [0.2, 0.25) is 0 Å². The van der Waals surface area contributed by atoms with Crippen LogP contribution in [0.25, 0.3) is 0 Å². The molecule has 1 aromatic rings. The van der Waals surface area contributed by atoms with Gasteiger partial charge in [0, 0.05) is 0 Å². The van der Waals surface area contributed by atoms with Gasteiger partial charge in [-0.15, -0.1) is 0 Å². The second-order valence-electron chi connectivity index (χ2n) is 5.09. The van der Waals surface area contributed by atoms with Crippen molar-refractivity contribution in [2.45, 2.75) is 32.1 Å². The highest BCUT2D eigenvalue weighted by Crippen LogP contribution is 2.49. The van der Waals surface area contributed by atoms with E-state index in [0.29, 0.717) is 18.1 Å². The molecule has 2 atom stereocenters. The average Bonchev–Trinajstić information content (AvgIpc) is 3.19. The van der Waals surface area contributed by atoms with E-state index in [9.17, 15) is 8.78 Å². The highest BCUT2D eigenvalue weighted by Gasteiger charge is 2.37. The molecular weight excluding hydrogens is 262 g/mol. The summed E-state index contributed by atoms with van der Waals surface area (Å²) < 4.78 is 37.8. The van der Waals surface area contributed by atoms with Gasteiger partial charge in [0.25, 0.3) is 0 Å². The Hall–Kier alpha value is -1.58. The summed E-state index contributed by atoms with van der Waals surface area (Å²) >= 11 is 0. The van der Waals surface area contributed by atoms with Crippen LogP contribution in [-0.4, -0.2) is 13.7 Å². The second kappa shape index (κ2) is 6.73. The minimum Gasteiger partial charge on any atom is -0.505 e. The van der Waals surface area contributed by atoms with Gasteiger partial charge >= 0.3 is 0 Å². The van der Waals surface area contributed by atoms with Crippen molar-refractivity contribution in [3.05, 3.63) is 41.7 Å². The van der Waals surface area contributed by atoms with Crippen molar-refractivity contribution in [2.24, 2.45) is 5.92 Å². The van der Waals surface area contributed by atoms with Crippen LogP contribution in [0.4, 0.5) is 8.78 Å². The van der Waals surface area contributed by atoms with Crippen LogP contribution in [0.2, 0.25) is 0 Å². The normalized spacial score (nSPS) is 21.2. The van der Waals surface area contributed by atoms with Crippen molar-refractivity contribution in [1.82, 2.24) is 0 Å². The summed E-state index contributed by atoms with van der Waals surface area (Å²) in [5, 5.41) is 0. The summed E-state index contributed by atoms with van der Waals surface area (Å²) in [6, 6.07) is 2.77. The maximum Gasteiger partial charge on any atom is 0.190 e. The second-order valence-corrected chi connectivity index (χ2v) is 5.09. The Kier molecular flexibility index (Phi) is 4.99. The summed E-state index contributed by atoms with van der Waals surface area (Å²) in [5.41, 5.74) is 0.689. The molecule has 0 amide bonds. The molecule has 2 unspecified atom stereocenters. The SMILES string of the molecule is CCCCOc1c(F)cc(C2CC2/C=C\OC)cc1F. The third kappa shape index (κ3) is 3.50. The van der Waals surface area contributed by atoms with Crippen molar-refractivity contribution < 1.29 is 18.3 Å². The van der Waals surface area contributed by atoms with Gasteiger partial charge < -0.3 is 9.47 Å². The van der Waals surface area contributed by atoms with E-state index >= 15 is 0 Å². The van der Waals surface area contributed by atoms with E-state index in [0.717, 1.165) is 19.3 Å². The Morgan fingerprint density at radius 1 is 1.30 bits per heavy atom. The minimum atomic E-state index is -0.613. The molecule has 0 heterocycles. The molecule has 1 aliphatic carbocycles. The van der Waals surface area contributed by atoms with Gasteiger partial charge in [0.15, 0.2) is 17.4 Å². The molecule has 1 aliphatic rings. The minimum absolute atomic E-state index is 0.176. The summed E-state index contributed by atoms with van der Waals surface area (Å²) in [6.07, 6.45) is 6.14. The number of halogens is 2. The van der Waals surface area contributed by atoms with Crippen LogP contribution in [0, 0.1) is 17.6 Å². The molecule has 0 bridgehead atoms. The van der Waals surface area contributed by atoms with Crippen LogP contribution in [0.3, 0.4) is 0 Å². The highest BCUT2D eigenvalue weighted by atomic mass is 19.1. The molecule has 2 rings (SSSR count). The largest absolute Gasteiger partial charge is 0.505 e. The molecule has 1 aromatic carbocycles. The molecular formula is C16H20F2O2. The fraction of sp³-hybridized carbons (Fsp3) is 0.500. The van der Waals surface area contributed by atoms with Crippen molar-refractivity contribution in [3.63, 3.8) is 0 Å². The van der Waals surface area contributed by atoms with Crippen molar-refractivity contribution in [3.8, 4) is 5.75 Å². The molecule has 0 aromatic heterocycles. The lowest BCUT2D eigenvalue weighted by Gasteiger charge is -2.09. The predicted molar refractivity (Wildman–Crippen MR) is 73.8 cm³/mol. The van der Waals surface area contributed by atoms with Crippen molar-refractivity contribution in [1.29, 1.82) is 0 Å². The number of methoxy groups -OCH3 is 1. The summed E-state index contributed by atoms with van der Waals surface area (Å²) in [5.74, 6) is -1.00. The van der Waals surface area contributed by atoms with E-state index in [1.54, 1.807) is 13.4 Å². The van der Waals surface area contributed by atoms with Gasteiger partial charge in [-0.2, -0.15) is 0 Å². The molecule has 1 saturated carbocycles. The molecule has 0 radical (unpaired) electrons. The van der Waals surface area contributed by atoms with Crippen molar-refractivity contribution in [2.75, 3.05) is 13.7 Å². The lowest BCUT2D eigenvalue weighted by Crippen LogP contribution is -2.02. The molecule has 0 saturated heterocycles. The van der Waals surface area contributed by atoms with Crippen LogP contribution in [-0.2, 0) is 4.74 Å². The van der Waals surface area contributed by atoms with E-state index in [1.807, 2.05) is 13.0 Å². The lowest BCUT2D eigenvalue weighted by atomic mass is 10.1. The van der Waals surface area contributed by atoms with Crippen LogP contribution in [0.5, 0.6) is 5.75 Å². The first-order chi connectivity index (χ1) is 9.67. The average molecular weight is 282 g/mol. The monoisotopic (exact) mass is 282 g/mol. The summed E-state index contributed by atoms with van der Waals surface area (Å²) in [7, 11) is 1.58. The Balaban J connectivity index is 2.05. The highest BCUT2D eigenvalue weighted by molar-refractivity contribution is 5.36. The van der Waals surface area contributed by atoms with E-state index in [1.165, 1.54) is 12.1 Å². The molecule has 0 aliphatic heterocycles. The Morgan fingerprint density at radius 3 is 2.60 bits per heavy atom.